The summed E-state index contributed by atoms with van der Waals surface area (Å²) in [6.07, 6.45) is 8.76. The van der Waals surface area contributed by atoms with E-state index in [4.69, 9.17) is 0 Å². The Kier molecular flexibility index (Phi) is 3.10. The summed E-state index contributed by atoms with van der Waals surface area (Å²) >= 11 is 0. The van der Waals surface area contributed by atoms with Gasteiger partial charge in [-0.1, -0.05) is 0 Å². The molecule has 0 aromatic heterocycles. The molecule has 4 saturated heterocycles. The fourth-order valence-corrected chi connectivity index (χ4v) is 6.29. The molecule has 1 amide bonds. The van der Waals surface area contributed by atoms with Gasteiger partial charge in [0.25, 0.3) is 0 Å². The van der Waals surface area contributed by atoms with Gasteiger partial charge in [-0.25, -0.2) is 0 Å². The monoisotopic (exact) mass is 277 g/mol. The molecular formula is C17H29N2O+. The zero-order chi connectivity index (χ0) is 13.7. The van der Waals surface area contributed by atoms with Crippen LogP contribution in [0.15, 0.2) is 0 Å². The topological polar surface area (TPSA) is 20.3 Å². The van der Waals surface area contributed by atoms with Gasteiger partial charge < -0.3 is 9.38 Å². The summed E-state index contributed by atoms with van der Waals surface area (Å²) in [4.78, 5) is 14.7. The zero-order valence-corrected chi connectivity index (χ0v) is 12.9. The first-order valence-corrected chi connectivity index (χ1v) is 8.90. The third kappa shape index (κ3) is 1.71. The van der Waals surface area contributed by atoms with Gasteiger partial charge in [-0.2, -0.15) is 0 Å². The highest BCUT2D eigenvalue weighted by Crippen LogP contribution is 2.48. The minimum Gasteiger partial charge on any atom is -0.339 e. The smallest absolute Gasteiger partial charge is 0.222 e. The molecule has 0 bridgehead atoms. The van der Waals surface area contributed by atoms with E-state index < -0.39 is 0 Å². The molecule has 0 N–H and O–H groups in total. The lowest BCUT2D eigenvalue weighted by atomic mass is 9.66. The minimum atomic E-state index is 0.463. The molecule has 4 fully saturated rings. The van der Waals surface area contributed by atoms with Crippen LogP contribution in [0.4, 0.5) is 0 Å². The number of carbonyl (C=O) groups excluding carboxylic acids is 1. The molecule has 0 aromatic carbocycles. The third-order valence-electron chi connectivity index (χ3n) is 7.04. The van der Waals surface area contributed by atoms with E-state index in [1.807, 2.05) is 0 Å². The van der Waals surface area contributed by atoms with Crippen LogP contribution >= 0.6 is 0 Å². The van der Waals surface area contributed by atoms with Gasteiger partial charge in [0.15, 0.2) is 0 Å². The number of hydrogen-bond acceptors (Lipinski definition) is 1. The summed E-state index contributed by atoms with van der Waals surface area (Å²) < 4.78 is 1.40. The van der Waals surface area contributed by atoms with Gasteiger partial charge in [0.1, 0.15) is 0 Å². The normalized spacial score (nSPS) is 47.6. The molecule has 20 heavy (non-hydrogen) atoms. The molecule has 0 unspecified atom stereocenters. The van der Waals surface area contributed by atoms with E-state index in [1.165, 1.54) is 56.2 Å². The maximum absolute atomic E-state index is 12.3. The van der Waals surface area contributed by atoms with Crippen LogP contribution in [0.1, 0.15) is 51.9 Å². The van der Waals surface area contributed by atoms with Crippen LogP contribution in [0.2, 0.25) is 0 Å². The number of nitrogens with zero attached hydrogens (tertiary/aromatic N) is 2. The Morgan fingerprint density at radius 2 is 1.95 bits per heavy atom. The molecule has 4 heterocycles. The molecule has 4 aliphatic rings. The Morgan fingerprint density at radius 1 is 1.15 bits per heavy atom. The first kappa shape index (κ1) is 13.1. The van der Waals surface area contributed by atoms with Crippen molar-refractivity contribution in [3.05, 3.63) is 0 Å². The van der Waals surface area contributed by atoms with Crippen LogP contribution in [0, 0.1) is 11.8 Å². The van der Waals surface area contributed by atoms with Crippen molar-refractivity contribution in [1.29, 1.82) is 0 Å². The Morgan fingerprint density at radius 3 is 2.75 bits per heavy atom. The van der Waals surface area contributed by atoms with Crippen molar-refractivity contribution < 1.29 is 9.28 Å². The fourth-order valence-electron chi connectivity index (χ4n) is 6.29. The number of fused-ring (bicyclic) bond motifs is 2. The van der Waals surface area contributed by atoms with Crippen LogP contribution in [0.25, 0.3) is 0 Å². The maximum Gasteiger partial charge on any atom is 0.222 e. The van der Waals surface area contributed by atoms with Crippen molar-refractivity contribution >= 4 is 5.91 Å². The van der Waals surface area contributed by atoms with E-state index >= 15 is 0 Å². The summed E-state index contributed by atoms with van der Waals surface area (Å²) in [5.41, 5.74) is 0. The molecule has 3 nitrogen and oxygen atoms in total. The van der Waals surface area contributed by atoms with Crippen molar-refractivity contribution in [2.75, 3.05) is 26.2 Å². The van der Waals surface area contributed by atoms with E-state index in [0.717, 1.165) is 37.3 Å². The highest BCUT2D eigenvalue weighted by molar-refractivity contribution is 5.77. The molecule has 0 spiro atoms. The minimum absolute atomic E-state index is 0.463. The number of rotatable bonds is 1. The van der Waals surface area contributed by atoms with Gasteiger partial charge in [-0.15, -0.1) is 0 Å². The molecular weight excluding hydrogens is 248 g/mol. The van der Waals surface area contributed by atoms with E-state index in [2.05, 4.69) is 11.8 Å². The van der Waals surface area contributed by atoms with Crippen molar-refractivity contribution in [3.63, 3.8) is 0 Å². The second kappa shape index (κ2) is 4.72. The average molecular weight is 277 g/mol. The molecule has 5 atom stereocenters. The van der Waals surface area contributed by atoms with Gasteiger partial charge in [-0.3, -0.25) is 4.79 Å². The van der Waals surface area contributed by atoms with E-state index in [0.29, 0.717) is 11.9 Å². The Hall–Kier alpha value is -0.570. The van der Waals surface area contributed by atoms with Gasteiger partial charge in [0, 0.05) is 30.8 Å². The number of hydrogen-bond donors (Lipinski definition) is 0. The van der Waals surface area contributed by atoms with Crippen molar-refractivity contribution in [2.24, 2.45) is 11.8 Å². The molecule has 112 valence electrons. The summed E-state index contributed by atoms with van der Waals surface area (Å²) in [7, 11) is 0. The maximum atomic E-state index is 12.3. The van der Waals surface area contributed by atoms with Gasteiger partial charge in [0.2, 0.25) is 5.91 Å². The van der Waals surface area contributed by atoms with Gasteiger partial charge >= 0.3 is 0 Å². The van der Waals surface area contributed by atoms with Gasteiger partial charge in [0.05, 0.1) is 25.7 Å². The van der Waals surface area contributed by atoms with Crippen molar-refractivity contribution in [1.82, 2.24) is 4.90 Å². The summed E-state index contributed by atoms with van der Waals surface area (Å²) in [6, 6.07) is 1.48. The van der Waals surface area contributed by atoms with Crippen LogP contribution < -0.4 is 0 Å². The molecule has 0 radical (unpaired) electrons. The SMILES string of the molecule is CC[N@+]12CCC[C@@H]3CN4C(=O)CCC[C@H]4[C@H](CCC1)[C@@H]32. The van der Waals surface area contributed by atoms with Crippen LogP contribution in [-0.2, 0) is 4.79 Å². The first-order valence-electron chi connectivity index (χ1n) is 8.90. The zero-order valence-electron chi connectivity index (χ0n) is 12.9. The van der Waals surface area contributed by atoms with Crippen molar-refractivity contribution in [2.45, 2.75) is 64.0 Å². The van der Waals surface area contributed by atoms with E-state index in [1.54, 1.807) is 0 Å². The van der Waals surface area contributed by atoms with Gasteiger partial charge in [-0.05, 0) is 45.4 Å². The van der Waals surface area contributed by atoms with Crippen LogP contribution in [-0.4, -0.2) is 53.6 Å². The Balaban J connectivity index is 1.70. The standard InChI is InChI=1S/C17H29N2O/c1-2-19-10-4-6-13-12-18-15(8-3-9-16(18)20)14(17(13)19)7-5-11-19/h13-15,17H,2-12H2,1H3/q+1/t13-,14+,15+,17-,19+/m1/s1. The first-order chi connectivity index (χ1) is 9.75. The Bertz CT molecular complexity index is 406. The lowest BCUT2D eigenvalue weighted by Crippen LogP contribution is -2.73. The summed E-state index contributed by atoms with van der Waals surface area (Å²) in [5.74, 6) is 2.07. The molecule has 0 saturated carbocycles. The molecule has 4 rings (SSSR count). The highest BCUT2D eigenvalue weighted by atomic mass is 16.2. The molecule has 0 aliphatic carbocycles. The predicted octanol–water partition coefficient (Wildman–Crippen LogP) is 2.41. The second-order valence-electron chi connectivity index (χ2n) is 7.69. The number of piperidine rings is 4. The van der Waals surface area contributed by atoms with Crippen LogP contribution in [0.5, 0.6) is 0 Å². The average Bonchev–Trinajstić information content (AvgIpc) is 2.49. The van der Waals surface area contributed by atoms with E-state index in [-0.39, 0.29) is 0 Å². The summed E-state index contributed by atoms with van der Waals surface area (Å²) in [6.45, 7) is 7.63. The van der Waals surface area contributed by atoms with Crippen LogP contribution in [0.3, 0.4) is 0 Å². The van der Waals surface area contributed by atoms with E-state index in [9.17, 15) is 4.79 Å². The number of quaternary nitrogens is 1. The lowest BCUT2D eigenvalue weighted by Gasteiger charge is -2.62. The molecule has 3 heteroatoms. The third-order valence-corrected chi connectivity index (χ3v) is 7.04. The number of amides is 1. The summed E-state index contributed by atoms with van der Waals surface area (Å²) in [5, 5.41) is 0. The van der Waals surface area contributed by atoms with Crippen molar-refractivity contribution in [3.8, 4) is 0 Å². The largest absolute Gasteiger partial charge is 0.339 e. The molecule has 4 aliphatic heterocycles. The fraction of sp³-hybridized carbons (Fsp3) is 0.941. The second-order valence-corrected chi connectivity index (χ2v) is 7.69. The highest BCUT2D eigenvalue weighted by Gasteiger charge is 2.57. The predicted molar refractivity (Wildman–Crippen MR) is 79.1 cm³/mol. The lowest BCUT2D eigenvalue weighted by molar-refractivity contribution is -0.968. The Labute approximate surface area is 122 Å². The number of carbonyl (C=O) groups is 1. The molecule has 0 aromatic rings. The quantitative estimate of drug-likeness (QED) is 0.674.